The minimum Gasteiger partial charge on any atom is -0.493 e. The van der Waals surface area contributed by atoms with Crippen molar-refractivity contribution in [2.24, 2.45) is 0 Å². The van der Waals surface area contributed by atoms with Gasteiger partial charge < -0.3 is 14.6 Å². The SMILES string of the molecule is CCCC#Cc1cc(OC)c(OC)cc1C(=O)O. The summed E-state index contributed by atoms with van der Waals surface area (Å²) >= 11 is 0. The van der Waals surface area contributed by atoms with Crippen molar-refractivity contribution >= 4 is 5.97 Å². The fourth-order valence-corrected chi connectivity index (χ4v) is 1.44. The van der Waals surface area contributed by atoms with Gasteiger partial charge in [0.05, 0.1) is 19.8 Å². The molecule has 0 heterocycles. The average molecular weight is 248 g/mol. The van der Waals surface area contributed by atoms with Crippen LogP contribution in [0.3, 0.4) is 0 Å². The summed E-state index contributed by atoms with van der Waals surface area (Å²) in [5.41, 5.74) is 0.560. The second kappa shape index (κ2) is 6.55. The maximum Gasteiger partial charge on any atom is 0.337 e. The molecule has 0 saturated carbocycles. The number of carbonyl (C=O) groups is 1. The van der Waals surface area contributed by atoms with Crippen molar-refractivity contribution in [1.29, 1.82) is 0 Å². The normalized spacial score (nSPS) is 9.28. The number of carboxylic acid groups (broad SMARTS) is 1. The molecule has 0 aliphatic heterocycles. The van der Waals surface area contributed by atoms with Crippen LogP contribution in [-0.4, -0.2) is 25.3 Å². The lowest BCUT2D eigenvalue weighted by molar-refractivity contribution is 0.0696. The van der Waals surface area contributed by atoms with E-state index in [1.54, 1.807) is 6.07 Å². The quantitative estimate of drug-likeness (QED) is 0.832. The molecule has 0 atom stereocenters. The van der Waals surface area contributed by atoms with Gasteiger partial charge in [0, 0.05) is 18.1 Å². The van der Waals surface area contributed by atoms with E-state index < -0.39 is 5.97 Å². The van der Waals surface area contributed by atoms with E-state index in [2.05, 4.69) is 11.8 Å². The van der Waals surface area contributed by atoms with Crippen LogP contribution in [0.1, 0.15) is 35.7 Å². The largest absolute Gasteiger partial charge is 0.493 e. The number of carboxylic acids is 1. The first-order valence-electron chi connectivity index (χ1n) is 5.62. The Hall–Kier alpha value is -2.15. The Morgan fingerprint density at radius 1 is 1.28 bits per heavy atom. The molecule has 1 aromatic rings. The summed E-state index contributed by atoms with van der Waals surface area (Å²) in [6.45, 7) is 2.02. The van der Waals surface area contributed by atoms with Gasteiger partial charge in [-0.05, 0) is 12.5 Å². The van der Waals surface area contributed by atoms with Crippen molar-refractivity contribution in [1.82, 2.24) is 0 Å². The van der Waals surface area contributed by atoms with E-state index in [1.165, 1.54) is 20.3 Å². The van der Waals surface area contributed by atoms with Gasteiger partial charge in [0.25, 0.3) is 0 Å². The van der Waals surface area contributed by atoms with Gasteiger partial charge in [0.1, 0.15) is 0 Å². The number of unbranched alkanes of at least 4 members (excludes halogenated alkanes) is 1. The lowest BCUT2D eigenvalue weighted by atomic mass is 10.1. The van der Waals surface area contributed by atoms with Crippen LogP contribution >= 0.6 is 0 Å². The maximum absolute atomic E-state index is 11.2. The summed E-state index contributed by atoms with van der Waals surface area (Å²) in [7, 11) is 2.97. The zero-order chi connectivity index (χ0) is 13.5. The summed E-state index contributed by atoms with van der Waals surface area (Å²) in [5, 5.41) is 9.14. The summed E-state index contributed by atoms with van der Waals surface area (Å²) < 4.78 is 10.2. The minimum absolute atomic E-state index is 0.122. The number of hydrogen-bond acceptors (Lipinski definition) is 3. The van der Waals surface area contributed by atoms with Crippen LogP contribution in [0.15, 0.2) is 12.1 Å². The molecule has 0 fully saturated rings. The highest BCUT2D eigenvalue weighted by atomic mass is 16.5. The van der Waals surface area contributed by atoms with E-state index in [1.807, 2.05) is 6.92 Å². The van der Waals surface area contributed by atoms with Gasteiger partial charge in [-0.15, -0.1) is 0 Å². The molecule has 18 heavy (non-hydrogen) atoms. The first-order valence-corrected chi connectivity index (χ1v) is 5.62. The topological polar surface area (TPSA) is 55.8 Å². The molecule has 0 radical (unpaired) electrons. The Morgan fingerprint density at radius 2 is 1.89 bits per heavy atom. The van der Waals surface area contributed by atoms with Gasteiger partial charge in [-0.25, -0.2) is 4.79 Å². The van der Waals surface area contributed by atoms with Crippen molar-refractivity contribution in [2.45, 2.75) is 19.8 Å². The Balaban J connectivity index is 3.30. The van der Waals surface area contributed by atoms with E-state index in [-0.39, 0.29) is 5.56 Å². The van der Waals surface area contributed by atoms with Crippen LogP contribution in [0, 0.1) is 11.8 Å². The third-order valence-electron chi connectivity index (χ3n) is 2.35. The molecule has 0 saturated heterocycles. The number of ether oxygens (including phenoxy) is 2. The first kappa shape index (κ1) is 13.9. The molecule has 0 bridgehead atoms. The van der Waals surface area contributed by atoms with Crippen LogP contribution in [0.4, 0.5) is 0 Å². The summed E-state index contributed by atoms with van der Waals surface area (Å²) in [4.78, 5) is 11.2. The zero-order valence-electron chi connectivity index (χ0n) is 10.7. The molecule has 96 valence electrons. The predicted octanol–water partition coefficient (Wildman–Crippen LogP) is 2.55. The molecular formula is C14H16O4. The van der Waals surface area contributed by atoms with Gasteiger partial charge >= 0.3 is 5.97 Å². The van der Waals surface area contributed by atoms with Crippen molar-refractivity contribution < 1.29 is 19.4 Å². The van der Waals surface area contributed by atoms with Crippen LogP contribution in [0.5, 0.6) is 11.5 Å². The highest BCUT2D eigenvalue weighted by Gasteiger charge is 2.14. The molecule has 0 aromatic heterocycles. The molecule has 0 spiro atoms. The summed E-state index contributed by atoms with van der Waals surface area (Å²) in [6, 6.07) is 3.02. The Kier molecular flexibility index (Phi) is 5.06. The van der Waals surface area contributed by atoms with Crippen LogP contribution < -0.4 is 9.47 Å². The lowest BCUT2D eigenvalue weighted by Crippen LogP contribution is -2.02. The van der Waals surface area contributed by atoms with Gasteiger partial charge in [-0.3, -0.25) is 0 Å². The smallest absolute Gasteiger partial charge is 0.337 e. The first-order chi connectivity index (χ1) is 8.63. The van der Waals surface area contributed by atoms with Crippen molar-refractivity contribution in [2.75, 3.05) is 14.2 Å². The fraction of sp³-hybridized carbons (Fsp3) is 0.357. The molecule has 1 aromatic carbocycles. The molecule has 1 N–H and O–H groups in total. The van der Waals surface area contributed by atoms with Crippen LogP contribution in [-0.2, 0) is 0 Å². The number of benzene rings is 1. The Labute approximate surface area is 107 Å². The van der Waals surface area contributed by atoms with Crippen molar-refractivity contribution in [3.8, 4) is 23.3 Å². The number of rotatable bonds is 4. The third-order valence-corrected chi connectivity index (χ3v) is 2.35. The van der Waals surface area contributed by atoms with E-state index in [9.17, 15) is 4.79 Å². The maximum atomic E-state index is 11.2. The third kappa shape index (κ3) is 3.17. The van der Waals surface area contributed by atoms with E-state index >= 15 is 0 Å². The standard InChI is InChI=1S/C14H16O4/c1-4-5-6-7-10-8-12(17-2)13(18-3)9-11(10)14(15)16/h8-9H,4-5H2,1-3H3,(H,15,16). The molecule has 0 unspecified atom stereocenters. The zero-order valence-corrected chi connectivity index (χ0v) is 10.7. The molecule has 0 amide bonds. The second-order valence-electron chi connectivity index (χ2n) is 3.61. The van der Waals surface area contributed by atoms with Crippen LogP contribution in [0.2, 0.25) is 0 Å². The highest BCUT2D eigenvalue weighted by molar-refractivity contribution is 5.91. The number of methoxy groups -OCH3 is 2. The Morgan fingerprint density at radius 3 is 2.39 bits per heavy atom. The fourth-order valence-electron chi connectivity index (χ4n) is 1.44. The summed E-state index contributed by atoms with van der Waals surface area (Å²) in [6.07, 6.45) is 1.66. The number of aromatic carboxylic acids is 1. The van der Waals surface area contributed by atoms with Crippen molar-refractivity contribution in [3.63, 3.8) is 0 Å². The van der Waals surface area contributed by atoms with Gasteiger partial charge in [0.15, 0.2) is 11.5 Å². The molecular weight excluding hydrogens is 232 g/mol. The van der Waals surface area contributed by atoms with Gasteiger partial charge in [-0.2, -0.15) is 0 Å². The van der Waals surface area contributed by atoms with Crippen molar-refractivity contribution in [3.05, 3.63) is 23.3 Å². The lowest BCUT2D eigenvalue weighted by Gasteiger charge is -2.09. The second-order valence-corrected chi connectivity index (χ2v) is 3.61. The number of hydrogen-bond donors (Lipinski definition) is 1. The minimum atomic E-state index is -1.03. The predicted molar refractivity (Wildman–Crippen MR) is 68.3 cm³/mol. The van der Waals surface area contributed by atoms with E-state index in [0.29, 0.717) is 17.1 Å². The van der Waals surface area contributed by atoms with Gasteiger partial charge in [-0.1, -0.05) is 18.8 Å². The Bertz CT molecular complexity index is 494. The molecule has 4 nitrogen and oxygen atoms in total. The average Bonchev–Trinajstić information content (AvgIpc) is 2.38. The highest BCUT2D eigenvalue weighted by Crippen LogP contribution is 2.30. The van der Waals surface area contributed by atoms with Crippen LogP contribution in [0.25, 0.3) is 0 Å². The van der Waals surface area contributed by atoms with E-state index in [4.69, 9.17) is 14.6 Å². The molecule has 4 heteroatoms. The monoisotopic (exact) mass is 248 g/mol. The van der Waals surface area contributed by atoms with Gasteiger partial charge in [0.2, 0.25) is 0 Å². The molecule has 0 aliphatic rings. The van der Waals surface area contributed by atoms with E-state index in [0.717, 1.165) is 12.8 Å². The molecule has 0 aliphatic carbocycles. The molecule has 1 rings (SSSR count). The summed E-state index contributed by atoms with van der Waals surface area (Å²) in [5.74, 6) is 5.61.